The highest BCUT2D eigenvalue weighted by Crippen LogP contribution is 2.25. The van der Waals surface area contributed by atoms with E-state index < -0.39 is 0 Å². The average Bonchev–Trinajstić information content (AvgIpc) is 3.04. The number of thioether (sulfide) groups is 1. The van der Waals surface area contributed by atoms with Gasteiger partial charge in [-0.1, -0.05) is 29.2 Å². The van der Waals surface area contributed by atoms with Crippen LogP contribution in [-0.2, 0) is 9.59 Å². The van der Waals surface area contributed by atoms with E-state index in [0.29, 0.717) is 31.9 Å². The first-order valence-electron chi connectivity index (χ1n) is 9.00. The lowest BCUT2D eigenvalue weighted by Crippen LogP contribution is -3.16. The smallest absolute Gasteiger partial charge is 0.275 e. The zero-order chi connectivity index (χ0) is 19.9. The van der Waals surface area contributed by atoms with Crippen LogP contribution in [-0.4, -0.2) is 77.5 Å². The lowest BCUT2D eigenvalue weighted by atomic mass is 10.1. The monoisotopic (exact) mass is 413 g/mol. The summed E-state index contributed by atoms with van der Waals surface area (Å²) >= 11 is 2.85. The molecule has 0 aromatic carbocycles. The van der Waals surface area contributed by atoms with Crippen LogP contribution in [0.4, 0.5) is 5.13 Å². The maximum absolute atomic E-state index is 12.4. The van der Waals surface area contributed by atoms with Crippen molar-refractivity contribution in [2.24, 2.45) is 0 Å². The molecule has 150 valence electrons. The zero-order valence-corrected chi connectivity index (χ0v) is 17.8. The van der Waals surface area contributed by atoms with E-state index in [1.807, 2.05) is 25.7 Å². The molecule has 3 N–H and O–H groups in total. The van der Waals surface area contributed by atoms with Gasteiger partial charge in [-0.15, -0.1) is 16.8 Å². The molecular weight excluding hydrogens is 384 g/mol. The van der Waals surface area contributed by atoms with E-state index >= 15 is 0 Å². The summed E-state index contributed by atoms with van der Waals surface area (Å²) in [6.07, 6.45) is 1.76. The second-order valence-electron chi connectivity index (χ2n) is 7.44. The van der Waals surface area contributed by atoms with Crippen molar-refractivity contribution in [1.29, 1.82) is 0 Å². The topological polar surface area (TPSA) is 91.7 Å². The number of carbonyl (C=O) groups is 2. The summed E-state index contributed by atoms with van der Waals surface area (Å²) in [5.41, 5.74) is -0.211. The lowest BCUT2D eigenvalue weighted by molar-refractivity contribution is -0.896. The summed E-state index contributed by atoms with van der Waals surface area (Å²) in [6.45, 7) is 13.6. The summed E-state index contributed by atoms with van der Waals surface area (Å²) < 4.78 is 0.776. The van der Waals surface area contributed by atoms with Crippen LogP contribution in [0.5, 0.6) is 0 Å². The molecule has 8 nitrogen and oxygen atoms in total. The number of quaternary nitrogens is 1. The Morgan fingerprint density at radius 1 is 1.33 bits per heavy atom. The van der Waals surface area contributed by atoms with E-state index in [9.17, 15) is 9.59 Å². The van der Waals surface area contributed by atoms with Gasteiger partial charge in [0.15, 0.2) is 10.9 Å². The number of nitrogens with one attached hydrogen (secondary N) is 3. The van der Waals surface area contributed by atoms with E-state index in [-0.39, 0.29) is 17.4 Å². The predicted molar refractivity (Wildman–Crippen MR) is 109 cm³/mol. The largest absolute Gasteiger partial charge is 0.357 e. The van der Waals surface area contributed by atoms with Crippen molar-refractivity contribution in [3.63, 3.8) is 0 Å². The predicted octanol–water partition coefficient (Wildman–Crippen LogP) is -0.130. The Morgan fingerprint density at radius 3 is 2.67 bits per heavy atom. The highest BCUT2D eigenvalue weighted by molar-refractivity contribution is 8.01. The first kappa shape index (κ1) is 21.6. The van der Waals surface area contributed by atoms with Crippen LogP contribution in [0.3, 0.4) is 0 Å². The number of hydrogen-bond donors (Lipinski definition) is 3. The Morgan fingerprint density at radius 2 is 2.04 bits per heavy atom. The van der Waals surface area contributed by atoms with Crippen LogP contribution in [0, 0.1) is 0 Å². The van der Waals surface area contributed by atoms with Crippen molar-refractivity contribution in [3.8, 4) is 0 Å². The molecule has 2 heterocycles. The van der Waals surface area contributed by atoms with Crippen LogP contribution in [0.15, 0.2) is 17.0 Å². The fraction of sp³-hybridized carbons (Fsp3) is 0.647. The first-order valence-corrected chi connectivity index (χ1v) is 10.8. The van der Waals surface area contributed by atoms with Crippen LogP contribution >= 0.6 is 23.1 Å². The Hall–Kier alpha value is -1.65. The van der Waals surface area contributed by atoms with Gasteiger partial charge in [0.05, 0.1) is 31.9 Å². The van der Waals surface area contributed by atoms with Gasteiger partial charge in [0.25, 0.3) is 5.91 Å². The van der Waals surface area contributed by atoms with E-state index in [0.717, 1.165) is 22.6 Å². The highest BCUT2D eigenvalue weighted by atomic mass is 32.2. The number of piperazine rings is 1. The second-order valence-corrected chi connectivity index (χ2v) is 9.64. The van der Waals surface area contributed by atoms with Gasteiger partial charge in [-0.3, -0.25) is 9.59 Å². The molecule has 0 radical (unpaired) electrons. The molecule has 0 saturated carbocycles. The summed E-state index contributed by atoms with van der Waals surface area (Å²) in [5.74, 6) is 0.523. The van der Waals surface area contributed by atoms with Crippen LogP contribution in [0.25, 0.3) is 0 Å². The third kappa shape index (κ3) is 7.86. The van der Waals surface area contributed by atoms with Gasteiger partial charge in [0, 0.05) is 12.1 Å². The van der Waals surface area contributed by atoms with E-state index in [2.05, 4.69) is 27.4 Å². The van der Waals surface area contributed by atoms with Gasteiger partial charge >= 0.3 is 0 Å². The molecule has 1 saturated heterocycles. The van der Waals surface area contributed by atoms with Crippen molar-refractivity contribution in [3.05, 3.63) is 12.7 Å². The molecule has 0 spiro atoms. The number of hydrogen-bond acceptors (Lipinski definition) is 7. The van der Waals surface area contributed by atoms with Gasteiger partial charge in [-0.2, -0.15) is 0 Å². The Bertz CT molecular complexity index is 650. The molecule has 1 aliphatic heterocycles. The van der Waals surface area contributed by atoms with Crippen LogP contribution in [0.1, 0.15) is 20.8 Å². The van der Waals surface area contributed by atoms with Gasteiger partial charge in [-0.25, -0.2) is 0 Å². The van der Waals surface area contributed by atoms with E-state index in [1.54, 1.807) is 6.08 Å². The van der Waals surface area contributed by atoms with Gasteiger partial charge in [0.2, 0.25) is 11.0 Å². The van der Waals surface area contributed by atoms with Crippen molar-refractivity contribution in [1.82, 2.24) is 20.4 Å². The molecule has 1 aromatic heterocycles. The number of aromatic nitrogens is 2. The van der Waals surface area contributed by atoms with Crippen molar-refractivity contribution >= 4 is 40.0 Å². The number of rotatable bonds is 8. The third-order valence-electron chi connectivity index (χ3n) is 3.87. The van der Waals surface area contributed by atoms with Gasteiger partial charge < -0.3 is 20.4 Å². The minimum absolute atomic E-state index is 0.0602. The SMILES string of the molecule is C=CCNc1nnc(SCC(=O)N2CC[NH+](CC(=O)NC(C)(C)C)CC2)s1. The Balaban J connectivity index is 1.69. The summed E-state index contributed by atoms with van der Waals surface area (Å²) in [6, 6.07) is 0. The molecule has 1 aliphatic rings. The van der Waals surface area contributed by atoms with Crippen molar-refractivity contribution in [2.45, 2.75) is 30.6 Å². The first-order chi connectivity index (χ1) is 12.8. The highest BCUT2D eigenvalue weighted by Gasteiger charge is 2.26. The summed E-state index contributed by atoms with van der Waals surface area (Å²) in [5, 5.41) is 14.9. The Labute approximate surface area is 168 Å². The lowest BCUT2D eigenvalue weighted by Gasteiger charge is -2.32. The number of amides is 2. The molecule has 0 aliphatic carbocycles. The number of nitrogens with zero attached hydrogens (tertiary/aromatic N) is 3. The zero-order valence-electron chi connectivity index (χ0n) is 16.2. The molecule has 1 fully saturated rings. The van der Waals surface area contributed by atoms with Crippen molar-refractivity contribution in [2.75, 3.05) is 50.3 Å². The van der Waals surface area contributed by atoms with E-state index in [1.165, 1.54) is 28.0 Å². The van der Waals surface area contributed by atoms with E-state index in [4.69, 9.17) is 0 Å². The maximum Gasteiger partial charge on any atom is 0.275 e. The normalized spacial score (nSPS) is 15.4. The molecule has 2 amide bonds. The Kier molecular flexibility index (Phi) is 8.06. The van der Waals surface area contributed by atoms with Crippen molar-refractivity contribution < 1.29 is 14.5 Å². The van der Waals surface area contributed by atoms with Gasteiger partial charge in [0.1, 0.15) is 0 Å². The minimum Gasteiger partial charge on any atom is -0.357 e. The maximum atomic E-state index is 12.4. The fourth-order valence-corrected chi connectivity index (χ4v) is 4.31. The molecule has 10 heteroatoms. The average molecular weight is 414 g/mol. The third-order valence-corrected chi connectivity index (χ3v) is 5.87. The number of carbonyl (C=O) groups excluding carboxylic acids is 2. The van der Waals surface area contributed by atoms with Crippen LogP contribution in [0.2, 0.25) is 0 Å². The summed E-state index contributed by atoms with van der Waals surface area (Å²) in [7, 11) is 0. The quantitative estimate of drug-likeness (QED) is 0.406. The molecule has 27 heavy (non-hydrogen) atoms. The summed E-state index contributed by atoms with van der Waals surface area (Å²) in [4.78, 5) is 27.5. The van der Waals surface area contributed by atoms with Crippen LogP contribution < -0.4 is 15.5 Å². The molecule has 2 rings (SSSR count). The standard InChI is InChI=1S/C17H28N6O2S2/c1-5-6-18-15-20-21-16(27-15)26-12-14(25)23-9-7-22(8-10-23)11-13(24)19-17(2,3)4/h5H,1,6-12H2,2-4H3,(H,18,20)(H,19,24)/p+1. The fourth-order valence-electron chi connectivity index (χ4n) is 2.65. The number of anilines is 1. The second kappa shape index (κ2) is 10.0. The molecular formula is C17H29N6O2S2+. The molecule has 0 atom stereocenters. The molecule has 0 bridgehead atoms. The molecule has 1 aromatic rings. The van der Waals surface area contributed by atoms with Gasteiger partial charge in [-0.05, 0) is 20.8 Å². The minimum atomic E-state index is -0.211. The molecule has 0 unspecified atom stereocenters.